The lowest BCUT2D eigenvalue weighted by atomic mass is 9.92. The molecule has 3 N–H and O–H groups in total. The van der Waals surface area contributed by atoms with Crippen LogP contribution in [0.25, 0.3) is 0 Å². The van der Waals surface area contributed by atoms with Crippen LogP contribution in [0, 0.1) is 0 Å². The Labute approximate surface area is 85.8 Å². The normalized spacial score (nSPS) is 11.1. The zero-order valence-corrected chi connectivity index (χ0v) is 9.09. The predicted molar refractivity (Wildman–Crippen MR) is 61.8 cm³/mol. The number of benzene rings is 1. The smallest absolute Gasteiger partial charge is 0.0586 e. The Morgan fingerprint density at radius 3 is 2.43 bits per heavy atom. The zero-order chi connectivity index (χ0) is 10.8. The first kappa shape index (κ1) is 10.6. The second-order valence-corrected chi connectivity index (χ2v) is 4.12. The van der Waals surface area contributed by atoms with Crippen LogP contribution in [0.5, 0.6) is 0 Å². The van der Waals surface area contributed by atoms with Crippen LogP contribution in [-0.4, -0.2) is 0 Å². The van der Waals surface area contributed by atoms with Crippen molar-refractivity contribution in [2.75, 3.05) is 5.73 Å². The molecular formula is C12H18N2. The number of nitrogens with two attached hydrogens (primary N) is 1. The molecule has 1 aromatic carbocycles. The standard InChI is InChI=1S/C12H18N2/c1-9(2)14-12(3,4)10-7-5-6-8-11(10)13/h5-8,14H,1,13H2,2-4H3. The number of para-hydroxylation sites is 1. The molecule has 0 saturated carbocycles. The van der Waals surface area contributed by atoms with Crippen LogP contribution in [0.2, 0.25) is 0 Å². The average molecular weight is 190 g/mol. The van der Waals surface area contributed by atoms with Crippen molar-refractivity contribution < 1.29 is 0 Å². The van der Waals surface area contributed by atoms with Gasteiger partial charge in [-0.1, -0.05) is 24.8 Å². The van der Waals surface area contributed by atoms with E-state index in [1.165, 1.54) is 0 Å². The number of rotatable bonds is 3. The van der Waals surface area contributed by atoms with Crippen LogP contribution in [0.1, 0.15) is 26.3 Å². The van der Waals surface area contributed by atoms with Crippen LogP contribution < -0.4 is 11.1 Å². The summed E-state index contributed by atoms with van der Waals surface area (Å²) in [4.78, 5) is 0. The highest BCUT2D eigenvalue weighted by atomic mass is 15.0. The minimum absolute atomic E-state index is 0.169. The fourth-order valence-electron chi connectivity index (χ4n) is 1.67. The summed E-state index contributed by atoms with van der Waals surface area (Å²) < 4.78 is 0. The maximum absolute atomic E-state index is 5.91. The summed E-state index contributed by atoms with van der Waals surface area (Å²) in [5.41, 5.74) is 8.60. The van der Waals surface area contributed by atoms with E-state index in [4.69, 9.17) is 5.73 Å². The third-order valence-electron chi connectivity index (χ3n) is 2.16. The predicted octanol–water partition coefficient (Wildman–Crippen LogP) is 2.63. The van der Waals surface area contributed by atoms with Gasteiger partial charge in [0.25, 0.3) is 0 Å². The Morgan fingerprint density at radius 2 is 1.93 bits per heavy atom. The molecule has 1 rings (SSSR count). The minimum atomic E-state index is -0.169. The summed E-state index contributed by atoms with van der Waals surface area (Å²) in [6, 6.07) is 7.88. The second kappa shape index (κ2) is 3.74. The molecule has 0 saturated heterocycles. The highest BCUT2D eigenvalue weighted by Gasteiger charge is 2.21. The number of anilines is 1. The molecular weight excluding hydrogens is 172 g/mol. The molecule has 0 heterocycles. The fourth-order valence-corrected chi connectivity index (χ4v) is 1.67. The van der Waals surface area contributed by atoms with Crippen LogP contribution in [0.15, 0.2) is 36.5 Å². The molecule has 0 aromatic heterocycles. The van der Waals surface area contributed by atoms with Gasteiger partial charge in [0.15, 0.2) is 0 Å². The molecule has 0 spiro atoms. The molecule has 0 fully saturated rings. The number of nitrogen functional groups attached to an aromatic ring is 1. The van der Waals surface area contributed by atoms with Gasteiger partial charge in [-0.2, -0.15) is 0 Å². The van der Waals surface area contributed by atoms with E-state index in [2.05, 4.69) is 25.7 Å². The third kappa shape index (κ3) is 2.28. The van der Waals surface area contributed by atoms with Gasteiger partial charge in [-0.05, 0) is 32.4 Å². The summed E-state index contributed by atoms with van der Waals surface area (Å²) in [7, 11) is 0. The molecule has 0 atom stereocenters. The first-order valence-corrected chi connectivity index (χ1v) is 4.72. The van der Waals surface area contributed by atoms with Crippen molar-refractivity contribution in [2.45, 2.75) is 26.3 Å². The molecule has 0 amide bonds. The first-order valence-electron chi connectivity index (χ1n) is 4.72. The van der Waals surface area contributed by atoms with Crippen LogP contribution in [0.4, 0.5) is 5.69 Å². The van der Waals surface area contributed by atoms with E-state index in [0.717, 1.165) is 16.9 Å². The maximum atomic E-state index is 5.91. The summed E-state index contributed by atoms with van der Waals surface area (Å²) >= 11 is 0. The summed E-state index contributed by atoms with van der Waals surface area (Å²) in [5, 5.41) is 3.30. The number of hydrogen-bond donors (Lipinski definition) is 2. The van der Waals surface area contributed by atoms with E-state index in [-0.39, 0.29) is 5.54 Å². The van der Waals surface area contributed by atoms with Gasteiger partial charge < -0.3 is 11.1 Å². The topological polar surface area (TPSA) is 38.0 Å². The molecule has 0 bridgehead atoms. The Morgan fingerprint density at radius 1 is 1.36 bits per heavy atom. The van der Waals surface area contributed by atoms with Gasteiger partial charge in [0, 0.05) is 11.4 Å². The number of allylic oxidation sites excluding steroid dienone is 1. The molecule has 0 aliphatic carbocycles. The number of hydrogen-bond acceptors (Lipinski definition) is 2. The van der Waals surface area contributed by atoms with Gasteiger partial charge >= 0.3 is 0 Å². The zero-order valence-electron chi connectivity index (χ0n) is 9.09. The van der Waals surface area contributed by atoms with E-state index >= 15 is 0 Å². The Bertz CT molecular complexity index is 340. The van der Waals surface area contributed by atoms with Crippen molar-refractivity contribution in [3.8, 4) is 0 Å². The Balaban J connectivity index is 3.03. The van der Waals surface area contributed by atoms with Crippen LogP contribution in [0.3, 0.4) is 0 Å². The van der Waals surface area contributed by atoms with Crippen molar-refractivity contribution in [3.63, 3.8) is 0 Å². The van der Waals surface area contributed by atoms with Crippen LogP contribution in [-0.2, 0) is 5.54 Å². The molecule has 14 heavy (non-hydrogen) atoms. The summed E-state index contributed by atoms with van der Waals surface area (Å²) in [6.45, 7) is 9.97. The summed E-state index contributed by atoms with van der Waals surface area (Å²) in [6.07, 6.45) is 0. The van der Waals surface area contributed by atoms with E-state index < -0.39 is 0 Å². The minimum Gasteiger partial charge on any atom is -0.398 e. The number of nitrogens with one attached hydrogen (secondary N) is 1. The van der Waals surface area contributed by atoms with Crippen molar-refractivity contribution in [3.05, 3.63) is 42.1 Å². The fraction of sp³-hybridized carbons (Fsp3) is 0.333. The van der Waals surface area contributed by atoms with Crippen molar-refractivity contribution >= 4 is 5.69 Å². The van der Waals surface area contributed by atoms with Crippen LogP contribution >= 0.6 is 0 Å². The first-order chi connectivity index (χ1) is 6.43. The highest BCUT2D eigenvalue weighted by Crippen LogP contribution is 2.26. The van der Waals surface area contributed by atoms with E-state index in [9.17, 15) is 0 Å². The molecule has 76 valence electrons. The molecule has 0 radical (unpaired) electrons. The van der Waals surface area contributed by atoms with E-state index in [1.54, 1.807) is 0 Å². The lowest BCUT2D eigenvalue weighted by Gasteiger charge is -2.29. The van der Waals surface area contributed by atoms with Gasteiger partial charge in [0.2, 0.25) is 0 Å². The largest absolute Gasteiger partial charge is 0.398 e. The maximum Gasteiger partial charge on any atom is 0.0586 e. The van der Waals surface area contributed by atoms with Gasteiger partial charge in [-0.25, -0.2) is 0 Å². The molecule has 0 unspecified atom stereocenters. The lowest BCUT2D eigenvalue weighted by molar-refractivity contribution is 0.451. The van der Waals surface area contributed by atoms with Crippen molar-refractivity contribution in [1.29, 1.82) is 0 Å². The van der Waals surface area contributed by atoms with Crippen molar-refractivity contribution in [2.24, 2.45) is 0 Å². The monoisotopic (exact) mass is 190 g/mol. The van der Waals surface area contributed by atoms with E-state index in [1.807, 2.05) is 31.2 Å². The van der Waals surface area contributed by atoms with Crippen molar-refractivity contribution in [1.82, 2.24) is 5.32 Å². The van der Waals surface area contributed by atoms with Gasteiger partial charge in [0.1, 0.15) is 0 Å². The SMILES string of the molecule is C=C(C)NC(C)(C)c1ccccc1N. The molecule has 0 aliphatic heterocycles. The molecule has 2 heteroatoms. The quantitative estimate of drug-likeness (QED) is 0.719. The van der Waals surface area contributed by atoms with E-state index in [0.29, 0.717) is 0 Å². The summed E-state index contributed by atoms with van der Waals surface area (Å²) in [5.74, 6) is 0. The second-order valence-electron chi connectivity index (χ2n) is 4.12. The van der Waals surface area contributed by atoms with Gasteiger partial charge in [-0.15, -0.1) is 0 Å². The van der Waals surface area contributed by atoms with Gasteiger partial charge in [-0.3, -0.25) is 0 Å². The molecule has 2 nitrogen and oxygen atoms in total. The highest BCUT2D eigenvalue weighted by molar-refractivity contribution is 5.50. The Kier molecular flexibility index (Phi) is 2.84. The third-order valence-corrected chi connectivity index (χ3v) is 2.16. The lowest BCUT2D eigenvalue weighted by Crippen LogP contribution is -2.35. The molecule has 1 aromatic rings. The Hall–Kier alpha value is -1.44. The van der Waals surface area contributed by atoms with Gasteiger partial charge in [0.05, 0.1) is 5.54 Å². The molecule has 0 aliphatic rings. The average Bonchev–Trinajstić information content (AvgIpc) is 2.02.